The topological polar surface area (TPSA) is 26.3 Å². The number of allylic oxidation sites excluding steroid dienone is 3. The Morgan fingerprint density at radius 1 is 1.00 bits per heavy atom. The van der Waals surface area contributed by atoms with E-state index < -0.39 is 17.6 Å². The second-order valence-corrected chi connectivity index (χ2v) is 10.6. The maximum atomic E-state index is 14.4. The monoisotopic (exact) mass is 492 g/mol. The first-order chi connectivity index (χ1) is 17.5. The van der Waals surface area contributed by atoms with Crippen molar-refractivity contribution in [2.75, 3.05) is 0 Å². The van der Waals surface area contributed by atoms with Crippen molar-refractivity contribution in [3.8, 4) is 5.75 Å². The first kappa shape index (κ1) is 26.3. The Labute approximate surface area is 214 Å². The van der Waals surface area contributed by atoms with Crippen molar-refractivity contribution in [1.82, 2.24) is 0 Å². The van der Waals surface area contributed by atoms with Crippen LogP contribution >= 0.6 is 0 Å². The lowest BCUT2D eigenvalue weighted by atomic mass is 9.63. The Kier molecular flexibility index (Phi) is 9.12. The molecule has 0 saturated heterocycles. The standard InChI is InChI=1S/C32H38F2O2/c1-3-5-7-9-29-30(33)20-28(21-31(29)34)36-32(35)24-14-12-23(13-15-24)26-17-16-25-18-22(8-6-4-2)10-11-27(25)19-26/h3-5,12-15,20-22,25-27H,2,6-11,16-19H2,1H3/b5-3+. The van der Waals surface area contributed by atoms with E-state index in [9.17, 15) is 13.6 Å². The average Bonchev–Trinajstić information content (AvgIpc) is 2.88. The van der Waals surface area contributed by atoms with Crippen molar-refractivity contribution in [1.29, 1.82) is 0 Å². The van der Waals surface area contributed by atoms with Crippen LogP contribution in [0.2, 0.25) is 0 Å². The van der Waals surface area contributed by atoms with E-state index in [0.29, 0.717) is 17.9 Å². The van der Waals surface area contributed by atoms with E-state index in [-0.39, 0.29) is 17.7 Å². The Balaban J connectivity index is 1.33. The lowest BCUT2D eigenvalue weighted by Gasteiger charge is -2.42. The van der Waals surface area contributed by atoms with Crippen molar-refractivity contribution in [3.05, 3.63) is 89.5 Å². The molecule has 0 N–H and O–H groups in total. The van der Waals surface area contributed by atoms with E-state index in [1.807, 2.05) is 37.3 Å². The molecule has 4 atom stereocenters. The molecule has 0 amide bonds. The number of esters is 1. The predicted octanol–water partition coefficient (Wildman–Crippen LogP) is 8.96. The van der Waals surface area contributed by atoms with Crippen LogP contribution in [0.4, 0.5) is 8.78 Å². The molecule has 0 aromatic heterocycles. The van der Waals surface area contributed by atoms with E-state index in [0.717, 1.165) is 36.3 Å². The van der Waals surface area contributed by atoms with Crippen LogP contribution < -0.4 is 4.74 Å². The highest BCUT2D eigenvalue weighted by atomic mass is 19.1. The maximum absolute atomic E-state index is 14.4. The van der Waals surface area contributed by atoms with Gasteiger partial charge in [0.25, 0.3) is 0 Å². The van der Waals surface area contributed by atoms with Crippen LogP contribution in [0, 0.1) is 29.4 Å². The molecule has 0 bridgehead atoms. The smallest absolute Gasteiger partial charge is 0.343 e. The van der Waals surface area contributed by atoms with E-state index in [1.54, 1.807) is 12.1 Å². The van der Waals surface area contributed by atoms with Crippen LogP contribution in [0.5, 0.6) is 5.75 Å². The van der Waals surface area contributed by atoms with Gasteiger partial charge in [-0.1, -0.05) is 36.8 Å². The van der Waals surface area contributed by atoms with Gasteiger partial charge >= 0.3 is 5.97 Å². The molecule has 192 valence electrons. The molecule has 4 unspecified atom stereocenters. The first-order valence-corrected chi connectivity index (χ1v) is 13.5. The fraction of sp³-hybridized carbons (Fsp3) is 0.469. The summed E-state index contributed by atoms with van der Waals surface area (Å²) in [6.45, 7) is 5.73. The van der Waals surface area contributed by atoms with Gasteiger partial charge in [0.2, 0.25) is 0 Å². The van der Waals surface area contributed by atoms with Crippen LogP contribution in [0.3, 0.4) is 0 Å². The molecule has 0 radical (unpaired) electrons. The van der Waals surface area contributed by atoms with Crippen LogP contribution in [-0.2, 0) is 6.42 Å². The number of carbonyl (C=O) groups excluding carboxylic acids is 1. The third-order valence-corrected chi connectivity index (χ3v) is 8.24. The molecular formula is C32H38F2O2. The number of halogens is 2. The number of ether oxygens (including phenoxy) is 1. The number of benzene rings is 2. The average molecular weight is 493 g/mol. The third-order valence-electron chi connectivity index (χ3n) is 8.24. The molecule has 2 saturated carbocycles. The molecule has 0 aliphatic heterocycles. The summed E-state index contributed by atoms with van der Waals surface area (Å²) in [4.78, 5) is 12.6. The van der Waals surface area contributed by atoms with Crippen molar-refractivity contribution in [2.45, 2.75) is 77.0 Å². The summed E-state index contributed by atoms with van der Waals surface area (Å²) in [5.41, 5.74) is 1.66. The van der Waals surface area contributed by atoms with Crippen molar-refractivity contribution < 1.29 is 18.3 Å². The molecule has 4 rings (SSSR count). The van der Waals surface area contributed by atoms with Gasteiger partial charge in [0.15, 0.2) is 0 Å². The lowest BCUT2D eigenvalue weighted by Crippen LogP contribution is -2.30. The number of hydrogen-bond acceptors (Lipinski definition) is 2. The molecule has 36 heavy (non-hydrogen) atoms. The summed E-state index contributed by atoms with van der Waals surface area (Å²) in [5.74, 6) is 0.945. The number of carbonyl (C=O) groups is 1. The van der Waals surface area contributed by atoms with Gasteiger partial charge in [-0.25, -0.2) is 13.6 Å². The molecule has 0 heterocycles. The summed E-state index contributed by atoms with van der Waals surface area (Å²) in [6, 6.07) is 9.75. The van der Waals surface area contributed by atoms with Crippen LogP contribution in [-0.4, -0.2) is 5.97 Å². The predicted molar refractivity (Wildman–Crippen MR) is 141 cm³/mol. The van der Waals surface area contributed by atoms with Gasteiger partial charge in [0.05, 0.1) is 5.56 Å². The zero-order valence-electron chi connectivity index (χ0n) is 21.4. The Morgan fingerprint density at radius 2 is 1.69 bits per heavy atom. The van der Waals surface area contributed by atoms with Gasteiger partial charge in [-0.2, -0.15) is 0 Å². The van der Waals surface area contributed by atoms with Gasteiger partial charge in [0, 0.05) is 17.7 Å². The molecule has 2 aromatic rings. The highest BCUT2D eigenvalue weighted by Crippen LogP contribution is 2.48. The van der Waals surface area contributed by atoms with E-state index in [2.05, 4.69) is 6.58 Å². The molecule has 0 spiro atoms. The molecule has 2 aromatic carbocycles. The minimum Gasteiger partial charge on any atom is -0.423 e. The normalized spacial score (nSPS) is 23.9. The molecular weight excluding hydrogens is 454 g/mol. The third kappa shape index (κ3) is 6.52. The van der Waals surface area contributed by atoms with Crippen molar-refractivity contribution >= 4 is 5.97 Å². The Morgan fingerprint density at radius 3 is 2.39 bits per heavy atom. The molecule has 2 aliphatic rings. The molecule has 2 aliphatic carbocycles. The van der Waals surface area contributed by atoms with Gasteiger partial charge in [0.1, 0.15) is 17.4 Å². The maximum Gasteiger partial charge on any atom is 0.343 e. The Hall–Kier alpha value is -2.75. The quantitative estimate of drug-likeness (QED) is 0.198. The number of fused-ring (bicyclic) bond motifs is 1. The van der Waals surface area contributed by atoms with Gasteiger partial charge in [-0.05, 0) is 106 Å². The van der Waals surface area contributed by atoms with Gasteiger partial charge < -0.3 is 4.74 Å². The van der Waals surface area contributed by atoms with Gasteiger partial charge in [-0.3, -0.25) is 0 Å². The summed E-state index contributed by atoms with van der Waals surface area (Å²) >= 11 is 0. The molecule has 2 nitrogen and oxygen atoms in total. The zero-order valence-corrected chi connectivity index (χ0v) is 21.4. The highest BCUT2D eigenvalue weighted by molar-refractivity contribution is 5.91. The summed E-state index contributed by atoms with van der Waals surface area (Å²) in [6.07, 6.45) is 16.7. The summed E-state index contributed by atoms with van der Waals surface area (Å²) < 4.78 is 34.1. The van der Waals surface area contributed by atoms with Crippen LogP contribution in [0.15, 0.2) is 61.2 Å². The second kappa shape index (κ2) is 12.5. The van der Waals surface area contributed by atoms with E-state index in [1.165, 1.54) is 50.5 Å². The second-order valence-electron chi connectivity index (χ2n) is 10.6. The van der Waals surface area contributed by atoms with Crippen molar-refractivity contribution in [2.24, 2.45) is 17.8 Å². The largest absolute Gasteiger partial charge is 0.423 e. The number of rotatable bonds is 9. The first-order valence-electron chi connectivity index (χ1n) is 13.5. The fourth-order valence-electron chi connectivity index (χ4n) is 6.23. The van der Waals surface area contributed by atoms with E-state index in [4.69, 9.17) is 4.74 Å². The summed E-state index contributed by atoms with van der Waals surface area (Å²) in [5, 5.41) is 0. The highest BCUT2D eigenvalue weighted by Gasteiger charge is 2.35. The van der Waals surface area contributed by atoms with Crippen molar-refractivity contribution in [3.63, 3.8) is 0 Å². The van der Waals surface area contributed by atoms with Gasteiger partial charge in [-0.15, -0.1) is 6.58 Å². The lowest BCUT2D eigenvalue weighted by molar-refractivity contribution is 0.0733. The minimum atomic E-state index is -0.692. The summed E-state index contributed by atoms with van der Waals surface area (Å²) in [7, 11) is 0. The fourth-order valence-corrected chi connectivity index (χ4v) is 6.23. The number of hydrogen-bond donors (Lipinski definition) is 0. The zero-order chi connectivity index (χ0) is 25.5. The van der Waals surface area contributed by atoms with Crippen LogP contribution in [0.25, 0.3) is 0 Å². The Bertz CT molecular complexity index is 1050. The molecule has 4 heteroatoms. The SMILES string of the molecule is C=CCCC1CCC2CC(c3ccc(C(=O)Oc4cc(F)c(CC/C=C/C)c(F)c4)cc3)CCC2C1. The molecule has 2 fully saturated rings. The van der Waals surface area contributed by atoms with E-state index >= 15 is 0 Å². The van der Waals surface area contributed by atoms with Crippen LogP contribution in [0.1, 0.15) is 92.1 Å². The minimum absolute atomic E-state index is 0.0113.